The molecule has 0 bridgehead atoms. The zero-order valence-corrected chi connectivity index (χ0v) is 9.33. The second-order valence-electron chi connectivity index (χ2n) is 1.68. The lowest BCUT2D eigenvalue weighted by molar-refractivity contribution is -0.134. The van der Waals surface area contributed by atoms with E-state index >= 15 is 0 Å². The molecule has 0 aromatic rings. The van der Waals surface area contributed by atoms with Gasteiger partial charge in [0, 0.05) is 6.08 Å². The third-order valence-corrected chi connectivity index (χ3v) is 1.59. The van der Waals surface area contributed by atoms with Crippen molar-refractivity contribution in [3.8, 4) is 0 Å². The first-order chi connectivity index (χ1) is 6.22. The van der Waals surface area contributed by atoms with E-state index in [0.717, 1.165) is 19.3 Å². The molecule has 13 heavy (non-hydrogen) atoms. The van der Waals surface area contributed by atoms with Crippen LogP contribution in [0.15, 0.2) is 12.7 Å². The number of carbonyl (C=O) groups is 1. The predicted octanol–water partition coefficient (Wildman–Crippen LogP) is 1.91. The number of rotatable bonds is 5. The molecule has 0 heterocycles. The number of hydrogen-bond donors (Lipinski definition) is 0. The first kappa shape index (κ1) is 15.1. The molecule has 0 saturated carbocycles. The van der Waals surface area contributed by atoms with E-state index < -0.39 is 5.97 Å². The summed E-state index contributed by atoms with van der Waals surface area (Å²) in [6.07, 6.45) is 1.11. The molecular formula is C8H17O4P. The minimum absolute atomic E-state index is 0.232. The van der Waals surface area contributed by atoms with Crippen molar-refractivity contribution in [3.05, 3.63) is 12.7 Å². The minimum atomic E-state index is -0.394. The molecule has 0 fully saturated rings. The van der Waals surface area contributed by atoms with Gasteiger partial charge in [-0.25, -0.2) is 4.79 Å². The van der Waals surface area contributed by atoms with E-state index in [4.69, 9.17) is 9.05 Å². The van der Waals surface area contributed by atoms with Crippen molar-refractivity contribution in [1.29, 1.82) is 0 Å². The minimum Gasteiger partial charge on any atom is -0.466 e. The smallest absolute Gasteiger partial charge is 0.329 e. The van der Waals surface area contributed by atoms with Crippen LogP contribution in [0, 0.1) is 0 Å². The highest BCUT2D eigenvalue weighted by molar-refractivity contribution is 7.26. The molecule has 4 nitrogen and oxygen atoms in total. The molecule has 0 radical (unpaired) electrons. The Morgan fingerprint density at radius 1 is 1.38 bits per heavy atom. The summed E-state index contributed by atoms with van der Waals surface area (Å²) in [6, 6.07) is 0. The maximum Gasteiger partial charge on any atom is 0.329 e. The van der Waals surface area contributed by atoms with E-state index in [-0.39, 0.29) is 9.03 Å². The summed E-state index contributed by atoms with van der Waals surface area (Å²) in [5.74, 6) is -0.394. The van der Waals surface area contributed by atoms with Crippen molar-refractivity contribution in [2.24, 2.45) is 0 Å². The molecule has 0 N–H and O–H groups in total. The van der Waals surface area contributed by atoms with Crippen LogP contribution in [-0.2, 0) is 18.6 Å². The molecule has 0 aliphatic heterocycles. The SMILES string of the molecule is C=CC(=O)OC.CCOPOCC. The summed E-state index contributed by atoms with van der Waals surface area (Å²) >= 11 is 0. The third kappa shape index (κ3) is 18.5. The van der Waals surface area contributed by atoms with Crippen LogP contribution in [0.25, 0.3) is 0 Å². The van der Waals surface area contributed by atoms with Crippen LogP contribution in [0.1, 0.15) is 13.8 Å². The molecule has 0 amide bonds. The molecule has 78 valence electrons. The second kappa shape index (κ2) is 14.1. The van der Waals surface area contributed by atoms with Gasteiger partial charge < -0.3 is 13.8 Å². The Kier molecular flexibility index (Phi) is 16.3. The molecular weight excluding hydrogens is 191 g/mol. The van der Waals surface area contributed by atoms with Crippen LogP contribution in [0.5, 0.6) is 0 Å². The highest BCUT2D eigenvalue weighted by Crippen LogP contribution is 2.10. The van der Waals surface area contributed by atoms with E-state index in [1.54, 1.807) is 0 Å². The van der Waals surface area contributed by atoms with Crippen LogP contribution in [-0.4, -0.2) is 26.3 Å². The van der Waals surface area contributed by atoms with E-state index in [9.17, 15) is 4.79 Å². The van der Waals surface area contributed by atoms with Crippen molar-refractivity contribution in [2.45, 2.75) is 13.8 Å². The van der Waals surface area contributed by atoms with Gasteiger partial charge >= 0.3 is 5.97 Å². The highest BCUT2D eigenvalue weighted by atomic mass is 31.1. The normalized spacial score (nSPS) is 8.23. The molecule has 0 aromatic heterocycles. The monoisotopic (exact) mass is 208 g/mol. The van der Waals surface area contributed by atoms with Crippen LogP contribution in [0.2, 0.25) is 0 Å². The molecule has 0 saturated heterocycles. The Bertz CT molecular complexity index is 123. The first-order valence-electron chi connectivity index (χ1n) is 3.91. The van der Waals surface area contributed by atoms with Gasteiger partial charge in [-0.05, 0) is 13.8 Å². The molecule has 0 aliphatic rings. The van der Waals surface area contributed by atoms with Crippen LogP contribution >= 0.6 is 9.03 Å². The van der Waals surface area contributed by atoms with Gasteiger partial charge in [0.15, 0.2) is 9.03 Å². The number of methoxy groups -OCH3 is 1. The van der Waals surface area contributed by atoms with Gasteiger partial charge in [0.25, 0.3) is 0 Å². The Balaban J connectivity index is 0. The number of esters is 1. The summed E-state index contributed by atoms with van der Waals surface area (Å²) in [6.45, 7) is 8.55. The summed E-state index contributed by atoms with van der Waals surface area (Å²) in [5, 5.41) is 0. The van der Waals surface area contributed by atoms with Gasteiger partial charge in [0.05, 0.1) is 20.3 Å². The number of hydrogen-bond acceptors (Lipinski definition) is 4. The summed E-state index contributed by atoms with van der Waals surface area (Å²) in [4.78, 5) is 9.84. The average molecular weight is 208 g/mol. The molecule has 5 heteroatoms. The first-order valence-corrected chi connectivity index (χ1v) is 4.73. The predicted molar refractivity (Wildman–Crippen MR) is 53.8 cm³/mol. The molecule has 0 aliphatic carbocycles. The van der Waals surface area contributed by atoms with Gasteiger partial charge in [0.2, 0.25) is 0 Å². The van der Waals surface area contributed by atoms with E-state index in [1.807, 2.05) is 13.8 Å². The van der Waals surface area contributed by atoms with Crippen molar-refractivity contribution in [3.63, 3.8) is 0 Å². The van der Waals surface area contributed by atoms with Crippen LogP contribution < -0.4 is 0 Å². The topological polar surface area (TPSA) is 44.8 Å². The van der Waals surface area contributed by atoms with Crippen molar-refractivity contribution in [1.82, 2.24) is 0 Å². The molecule has 0 unspecified atom stereocenters. The van der Waals surface area contributed by atoms with E-state index in [0.29, 0.717) is 0 Å². The largest absolute Gasteiger partial charge is 0.466 e. The lowest BCUT2D eigenvalue weighted by atomic mass is 10.7. The third-order valence-electron chi connectivity index (χ3n) is 0.774. The lowest BCUT2D eigenvalue weighted by Crippen LogP contribution is -1.91. The quantitative estimate of drug-likeness (QED) is 0.299. The standard InChI is InChI=1S/C4H11O2P.C4H6O2/c1-3-5-7-6-4-2;1-3-4(5)6-2/h7H,3-4H2,1-2H3;3H,1H2,2H3. The fourth-order valence-corrected chi connectivity index (χ4v) is 0.562. The fourth-order valence-electron chi connectivity index (χ4n) is 0.243. The molecule has 0 spiro atoms. The molecule has 0 aromatic carbocycles. The van der Waals surface area contributed by atoms with Crippen molar-refractivity contribution in [2.75, 3.05) is 20.3 Å². The highest BCUT2D eigenvalue weighted by Gasteiger charge is 1.81. The van der Waals surface area contributed by atoms with Crippen LogP contribution in [0.4, 0.5) is 0 Å². The van der Waals surface area contributed by atoms with Crippen molar-refractivity contribution >= 4 is 15.0 Å². The van der Waals surface area contributed by atoms with Gasteiger partial charge in [-0.3, -0.25) is 0 Å². The fraction of sp³-hybridized carbons (Fsp3) is 0.625. The van der Waals surface area contributed by atoms with Crippen LogP contribution in [0.3, 0.4) is 0 Å². The Hall–Kier alpha value is -0.440. The maximum atomic E-state index is 9.84. The van der Waals surface area contributed by atoms with E-state index in [2.05, 4.69) is 11.3 Å². The zero-order valence-electron chi connectivity index (χ0n) is 8.33. The Labute approximate surface area is 81.2 Å². The molecule has 0 rings (SSSR count). The van der Waals surface area contributed by atoms with Gasteiger partial charge in [-0.2, -0.15) is 0 Å². The average Bonchev–Trinajstić information content (AvgIpc) is 2.18. The van der Waals surface area contributed by atoms with Gasteiger partial charge in [-0.1, -0.05) is 6.58 Å². The Morgan fingerprint density at radius 3 is 2.00 bits per heavy atom. The van der Waals surface area contributed by atoms with E-state index in [1.165, 1.54) is 7.11 Å². The Morgan fingerprint density at radius 2 is 1.85 bits per heavy atom. The number of ether oxygens (including phenoxy) is 1. The number of carbonyl (C=O) groups excluding carboxylic acids is 1. The second-order valence-corrected chi connectivity index (χ2v) is 2.42. The molecule has 0 atom stereocenters. The summed E-state index contributed by atoms with van der Waals surface area (Å²) in [7, 11) is 1.54. The zero-order chi connectivity index (χ0) is 10.5. The van der Waals surface area contributed by atoms with Crippen molar-refractivity contribution < 1.29 is 18.6 Å². The maximum absolute atomic E-state index is 9.84. The van der Waals surface area contributed by atoms with Gasteiger partial charge in [-0.15, -0.1) is 0 Å². The van der Waals surface area contributed by atoms with Gasteiger partial charge in [0.1, 0.15) is 0 Å². The lowest BCUT2D eigenvalue weighted by Gasteiger charge is -1.96. The summed E-state index contributed by atoms with van der Waals surface area (Å²) < 4.78 is 13.9. The summed E-state index contributed by atoms with van der Waals surface area (Å²) in [5.41, 5.74) is 0.